The highest BCUT2D eigenvalue weighted by atomic mass is 16.5. The number of benzene rings is 2. The molecule has 0 aliphatic carbocycles. The lowest BCUT2D eigenvalue weighted by atomic mass is 10.0. The van der Waals surface area contributed by atoms with Crippen molar-refractivity contribution in [1.29, 1.82) is 0 Å². The smallest absolute Gasteiger partial charge is 0.326 e. The Morgan fingerprint density at radius 3 is 2.69 bits per heavy atom. The summed E-state index contributed by atoms with van der Waals surface area (Å²) in [5, 5.41) is 12.7. The molecule has 6 heteroatoms. The molecule has 6 nitrogen and oxygen atoms in total. The molecule has 0 bridgehead atoms. The number of hydrogen-bond acceptors (Lipinski definition) is 4. The number of carbonyl (C=O) groups is 2. The van der Waals surface area contributed by atoms with Crippen molar-refractivity contribution in [1.82, 2.24) is 5.32 Å². The number of carboxylic acid groups (broad SMARTS) is 1. The number of amides is 1. The number of hydrogen-bond donors (Lipinski definition) is 2. The summed E-state index contributed by atoms with van der Waals surface area (Å²) in [6.45, 7) is 1.93. The summed E-state index contributed by atoms with van der Waals surface area (Å²) in [5.41, 5.74) is 2.40. The van der Waals surface area contributed by atoms with E-state index in [2.05, 4.69) is 5.32 Å². The predicted octanol–water partition coefficient (Wildman–Crippen LogP) is 3.18. The Hall–Kier alpha value is -3.28. The van der Waals surface area contributed by atoms with Gasteiger partial charge in [0.1, 0.15) is 17.4 Å². The fraction of sp³-hybridized carbons (Fsp3) is 0.200. The highest BCUT2D eigenvalue weighted by molar-refractivity contribution is 5.98. The third-order valence-electron chi connectivity index (χ3n) is 4.07. The molecule has 0 aliphatic heterocycles. The zero-order valence-electron chi connectivity index (χ0n) is 14.5. The molecule has 1 atom stereocenters. The van der Waals surface area contributed by atoms with Gasteiger partial charge in [0, 0.05) is 11.8 Å². The van der Waals surface area contributed by atoms with Crippen molar-refractivity contribution in [3.05, 3.63) is 65.4 Å². The first-order chi connectivity index (χ1) is 12.5. The fourth-order valence-electron chi connectivity index (χ4n) is 2.76. The van der Waals surface area contributed by atoms with Gasteiger partial charge in [0.2, 0.25) is 0 Å². The molecular weight excluding hydrogens is 334 g/mol. The molecular formula is C20H19NO5. The van der Waals surface area contributed by atoms with E-state index >= 15 is 0 Å². The van der Waals surface area contributed by atoms with Crippen LogP contribution in [0, 0.1) is 6.92 Å². The Kier molecular flexibility index (Phi) is 4.93. The number of fused-ring (bicyclic) bond motifs is 1. The first kappa shape index (κ1) is 17.5. The summed E-state index contributed by atoms with van der Waals surface area (Å²) >= 11 is 0. The normalized spacial score (nSPS) is 11.9. The molecule has 26 heavy (non-hydrogen) atoms. The summed E-state index contributed by atoms with van der Waals surface area (Å²) in [7, 11) is 1.55. The first-order valence-electron chi connectivity index (χ1n) is 8.13. The van der Waals surface area contributed by atoms with Gasteiger partial charge in [-0.2, -0.15) is 0 Å². The number of aryl methyl sites for hydroxylation is 1. The lowest BCUT2D eigenvalue weighted by molar-refractivity contribution is -0.139. The van der Waals surface area contributed by atoms with E-state index in [0.29, 0.717) is 16.7 Å². The van der Waals surface area contributed by atoms with E-state index in [9.17, 15) is 14.7 Å². The van der Waals surface area contributed by atoms with Gasteiger partial charge in [-0.1, -0.05) is 29.8 Å². The summed E-state index contributed by atoms with van der Waals surface area (Å²) < 4.78 is 10.7. The molecule has 0 radical (unpaired) electrons. The van der Waals surface area contributed by atoms with E-state index in [0.717, 1.165) is 11.1 Å². The van der Waals surface area contributed by atoms with Gasteiger partial charge in [0.15, 0.2) is 5.76 Å². The van der Waals surface area contributed by atoms with Crippen LogP contribution in [0.1, 0.15) is 21.7 Å². The first-order valence-corrected chi connectivity index (χ1v) is 8.13. The number of aliphatic carboxylic acids is 1. The van der Waals surface area contributed by atoms with Gasteiger partial charge >= 0.3 is 5.97 Å². The van der Waals surface area contributed by atoms with Crippen LogP contribution in [-0.2, 0) is 11.2 Å². The Morgan fingerprint density at radius 1 is 1.19 bits per heavy atom. The highest BCUT2D eigenvalue weighted by Crippen LogP contribution is 2.24. The molecule has 0 saturated heterocycles. The topological polar surface area (TPSA) is 88.8 Å². The molecule has 0 saturated carbocycles. The van der Waals surface area contributed by atoms with Crippen molar-refractivity contribution in [2.75, 3.05) is 7.11 Å². The molecule has 0 unspecified atom stereocenters. The van der Waals surface area contributed by atoms with Crippen LogP contribution < -0.4 is 10.1 Å². The molecule has 2 N–H and O–H groups in total. The molecule has 1 heterocycles. The molecule has 1 amide bonds. The second-order valence-corrected chi connectivity index (χ2v) is 6.07. The number of carboxylic acids is 1. The highest BCUT2D eigenvalue weighted by Gasteiger charge is 2.23. The predicted molar refractivity (Wildman–Crippen MR) is 96.5 cm³/mol. The third kappa shape index (κ3) is 3.85. The van der Waals surface area contributed by atoms with Crippen molar-refractivity contribution in [3.8, 4) is 5.75 Å². The zero-order chi connectivity index (χ0) is 18.7. The second kappa shape index (κ2) is 7.31. The maximum absolute atomic E-state index is 12.4. The van der Waals surface area contributed by atoms with Crippen LogP contribution in [0.25, 0.3) is 11.0 Å². The fourth-order valence-corrected chi connectivity index (χ4v) is 2.76. The molecule has 134 valence electrons. The number of furan rings is 1. The second-order valence-electron chi connectivity index (χ2n) is 6.07. The van der Waals surface area contributed by atoms with Crippen LogP contribution in [0.5, 0.6) is 5.75 Å². The minimum absolute atomic E-state index is 0.0590. The molecule has 2 aromatic carbocycles. The summed E-state index contributed by atoms with van der Waals surface area (Å²) in [4.78, 5) is 24.0. The molecule has 0 spiro atoms. The van der Waals surface area contributed by atoms with Crippen molar-refractivity contribution in [2.45, 2.75) is 19.4 Å². The largest absolute Gasteiger partial charge is 0.497 e. The number of rotatable bonds is 6. The molecule has 3 aromatic rings. The molecule has 3 rings (SSSR count). The minimum atomic E-state index is -1.10. The van der Waals surface area contributed by atoms with Crippen LogP contribution in [0.4, 0.5) is 0 Å². The van der Waals surface area contributed by atoms with E-state index < -0.39 is 17.9 Å². The zero-order valence-corrected chi connectivity index (χ0v) is 14.5. The molecule has 1 aromatic heterocycles. The Balaban J connectivity index is 1.78. The van der Waals surface area contributed by atoms with Crippen LogP contribution in [0.3, 0.4) is 0 Å². The van der Waals surface area contributed by atoms with Gasteiger partial charge in [-0.25, -0.2) is 4.79 Å². The van der Waals surface area contributed by atoms with Gasteiger partial charge in [0.25, 0.3) is 5.91 Å². The quantitative estimate of drug-likeness (QED) is 0.710. The van der Waals surface area contributed by atoms with Crippen LogP contribution in [-0.4, -0.2) is 30.1 Å². The minimum Gasteiger partial charge on any atom is -0.497 e. The van der Waals surface area contributed by atoms with E-state index in [1.165, 1.54) is 0 Å². The van der Waals surface area contributed by atoms with Crippen LogP contribution in [0.15, 0.2) is 52.9 Å². The van der Waals surface area contributed by atoms with E-state index in [1.807, 2.05) is 31.2 Å². The van der Waals surface area contributed by atoms with E-state index in [1.54, 1.807) is 31.4 Å². The number of methoxy groups -OCH3 is 1. The maximum Gasteiger partial charge on any atom is 0.326 e. The SMILES string of the molecule is COc1ccc2oc(C(=O)N[C@@H](Cc3cccc(C)c3)C(=O)O)cc2c1. The van der Waals surface area contributed by atoms with Crippen molar-refractivity contribution < 1.29 is 23.8 Å². The lowest BCUT2D eigenvalue weighted by Crippen LogP contribution is -2.42. The van der Waals surface area contributed by atoms with Crippen LogP contribution >= 0.6 is 0 Å². The number of carbonyl (C=O) groups excluding carboxylic acids is 1. The van der Waals surface area contributed by atoms with Crippen LogP contribution in [0.2, 0.25) is 0 Å². The average Bonchev–Trinajstić information content (AvgIpc) is 3.04. The average molecular weight is 353 g/mol. The van der Waals surface area contributed by atoms with E-state index in [4.69, 9.17) is 9.15 Å². The maximum atomic E-state index is 12.4. The third-order valence-corrected chi connectivity index (χ3v) is 4.07. The summed E-state index contributed by atoms with van der Waals surface area (Å²) in [6, 6.07) is 13.2. The summed E-state index contributed by atoms with van der Waals surface area (Å²) in [5.74, 6) is -0.963. The Bertz CT molecular complexity index is 960. The molecule has 0 aliphatic rings. The molecule has 0 fully saturated rings. The van der Waals surface area contributed by atoms with Gasteiger partial charge in [-0.05, 0) is 36.8 Å². The van der Waals surface area contributed by atoms with E-state index in [-0.39, 0.29) is 12.2 Å². The van der Waals surface area contributed by atoms with Gasteiger partial charge < -0.3 is 19.6 Å². The standard InChI is InChI=1S/C20H19NO5/c1-12-4-3-5-13(8-12)9-16(20(23)24)21-19(22)18-11-14-10-15(25-2)6-7-17(14)26-18/h3-8,10-11,16H,9H2,1-2H3,(H,21,22)(H,23,24)/t16-/m0/s1. The monoisotopic (exact) mass is 353 g/mol. The number of ether oxygens (including phenoxy) is 1. The van der Waals surface area contributed by atoms with Crippen molar-refractivity contribution in [2.24, 2.45) is 0 Å². The van der Waals surface area contributed by atoms with Gasteiger partial charge in [0.05, 0.1) is 7.11 Å². The lowest BCUT2D eigenvalue weighted by Gasteiger charge is -2.14. The van der Waals surface area contributed by atoms with Gasteiger partial charge in [-0.3, -0.25) is 4.79 Å². The Morgan fingerprint density at radius 2 is 2.00 bits per heavy atom. The van der Waals surface area contributed by atoms with Crippen molar-refractivity contribution >= 4 is 22.8 Å². The van der Waals surface area contributed by atoms with Gasteiger partial charge in [-0.15, -0.1) is 0 Å². The number of nitrogens with one attached hydrogen (secondary N) is 1. The Labute approximate surface area is 150 Å². The summed E-state index contributed by atoms with van der Waals surface area (Å²) in [6.07, 6.45) is 0.191. The van der Waals surface area contributed by atoms with Crippen molar-refractivity contribution in [3.63, 3.8) is 0 Å².